The van der Waals surface area contributed by atoms with Gasteiger partial charge in [0.15, 0.2) is 0 Å². The fraction of sp³-hybridized carbons (Fsp3) is 0.714. The number of rotatable bonds is 20. The lowest BCUT2D eigenvalue weighted by atomic mass is 9.92. The number of hydrogen-bond acceptors (Lipinski definition) is 2. The summed E-state index contributed by atoms with van der Waals surface area (Å²) in [6.07, 6.45) is 17.2. The average Bonchev–Trinajstić information content (AvgIpc) is 2.72. The van der Waals surface area contributed by atoms with Crippen molar-refractivity contribution >= 4 is 11.9 Å². The third-order valence-corrected chi connectivity index (χ3v) is 6.09. The summed E-state index contributed by atoms with van der Waals surface area (Å²) in [5.41, 5.74) is 4.48. The van der Waals surface area contributed by atoms with E-state index in [1.54, 1.807) is 0 Å². The van der Waals surface area contributed by atoms with Gasteiger partial charge >= 0.3 is 11.9 Å². The number of carboxylic acids is 2. The summed E-state index contributed by atoms with van der Waals surface area (Å²) in [6, 6.07) is 7.10. The molecule has 0 spiro atoms. The SMILES string of the molecule is CC(C)Cc1ccc(CCCCCCCCC(=O)O)c(CCCCCCCCC(=O)O)c1. The highest BCUT2D eigenvalue weighted by atomic mass is 16.4. The van der Waals surface area contributed by atoms with Crippen molar-refractivity contribution in [1.29, 1.82) is 0 Å². The van der Waals surface area contributed by atoms with E-state index in [2.05, 4.69) is 32.0 Å². The number of hydrogen-bond donors (Lipinski definition) is 2. The zero-order chi connectivity index (χ0) is 23.6. The molecule has 2 N–H and O–H groups in total. The Labute approximate surface area is 195 Å². The van der Waals surface area contributed by atoms with Crippen LogP contribution in [0.25, 0.3) is 0 Å². The lowest BCUT2D eigenvalue weighted by Crippen LogP contribution is -2.00. The Morgan fingerprint density at radius 2 is 1.09 bits per heavy atom. The Bertz CT molecular complexity index is 651. The van der Waals surface area contributed by atoms with Crippen LogP contribution in [-0.4, -0.2) is 22.2 Å². The number of benzene rings is 1. The number of aryl methyl sites for hydroxylation is 2. The van der Waals surface area contributed by atoms with Crippen LogP contribution < -0.4 is 0 Å². The smallest absolute Gasteiger partial charge is 0.303 e. The summed E-state index contributed by atoms with van der Waals surface area (Å²) in [5.74, 6) is -0.700. The molecule has 0 unspecified atom stereocenters. The minimum atomic E-state index is -0.684. The summed E-state index contributed by atoms with van der Waals surface area (Å²) in [5, 5.41) is 17.4. The zero-order valence-corrected chi connectivity index (χ0v) is 20.5. The van der Waals surface area contributed by atoms with E-state index in [0.29, 0.717) is 18.8 Å². The Morgan fingerprint density at radius 1 is 0.656 bits per heavy atom. The molecule has 1 aromatic rings. The highest BCUT2D eigenvalue weighted by Crippen LogP contribution is 2.21. The summed E-state index contributed by atoms with van der Waals surface area (Å²) in [6.45, 7) is 4.54. The van der Waals surface area contributed by atoms with E-state index in [4.69, 9.17) is 10.2 Å². The molecule has 1 aromatic carbocycles. The first-order valence-electron chi connectivity index (χ1n) is 12.9. The number of unbranched alkanes of at least 4 members (excludes halogenated alkanes) is 10. The molecule has 0 aliphatic carbocycles. The molecule has 4 nitrogen and oxygen atoms in total. The quantitative estimate of drug-likeness (QED) is 0.202. The van der Waals surface area contributed by atoms with Gasteiger partial charge in [0.05, 0.1) is 0 Å². The standard InChI is InChI=1S/C28H46O4/c1-23(2)21-24-19-20-25(15-11-7-3-5-9-13-17-27(29)30)26(22-24)16-12-8-4-6-10-14-18-28(31)32/h19-20,22-23H,3-18,21H2,1-2H3,(H,29,30)(H,31,32). The molecule has 4 heteroatoms. The first kappa shape index (κ1) is 28.2. The van der Waals surface area contributed by atoms with Crippen LogP contribution in [0.3, 0.4) is 0 Å². The van der Waals surface area contributed by atoms with E-state index in [-0.39, 0.29) is 0 Å². The average molecular weight is 447 g/mol. The number of carbonyl (C=O) groups is 2. The molecule has 0 fully saturated rings. The summed E-state index contributed by atoms with van der Waals surface area (Å²) < 4.78 is 0. The monoisotopic (exact) mass is 446 g/mol. The van der Waals surface area contributed by atoms with Gasteiger partial charge in [-0.15, -0.1) is 0 Å². The molecule has 0 amide bonds. The summed E-state index contributed by atoms with van der Waals surface area (Å²) in [4.78, 5) is 21.1. The number of aliphatic carboxylic acids is 2. The molecular formula is C28H46O4. The Hall–Kier alpha value is -1.84. The Kier molecular flexibility index (Phi) is 15.6. The fourth-order valence-corrected chi connectivity index (χ4v) is 4.35. The normalized spacial score (nSPS) is 11.2. The maximum Gasteiger partial charge on any atom is 0.303 e. The van der Waals surface area contributed by atoms with Crippen molar-refractivity contribution in [2.75, 3.05) is 0 Å². The van der Waals surface area contributed by atoms with Gasteiger partial charge < -0.3 is 10.2 Å². The minimum absolute atomic E-state index is 0.300. The molecule has 0 atom stereocenters. The van der Waals surface area contributed by atoms with Gasteiger partial charge in [0.2, 0.25) is 0 Å². The molecule has 0 saturated heterocycles. The second kappa shape index (κ2) is 17.7. The molecule has 0 radical (unpaired) electrons. The predicted octanol–water partition coefficient (Wildman–Crippen LogP) is 7.60. The van der Waals surface area contributed by atoms with Crippen LogP contribution in [0.5, 0.6) is 0 Å². The highest BCUT2D eigenvalue weighted by Gasteiger charge is 2.07. The second-order valence-corrected chi connectivity index (χ2v) is 9.73. The van der Waals surface area contributed by atoms with Crippen LogP contribution in [-0.2, 0) is 28.9 Å². The van der Waals surface area contributed by atoms with E-state index >= 15 is 0 Å². The van der Waals surface area contributed by atoms with E-state index in [1.165, 1.54) is 55.2 Å². The topological polar surface area (TPSA) is 74.6 Å². The second-order valence-electron chi connectivity index (χ2n) is 9.73. The third kappa shape index (κ3) is 15.0. The van der Waals surface area contributed by atoms with Gasteiger partial charge in [-0.1, -0.05) is 83.4 Å². The largest absolute Gasteiger partial charge is 0.481 e. The Balaban J connectivity index is 2.38. The van der Waals surface area contributed by atoms with Gasteiger partial charge in [0.25, 0.3) is 0 Å². The molecule has 0 bridgehead atoms. The van der Waals surface area contributed by atoms with Gasteiger partial charge in [-0.25, -0.2) is 0 Å². The van der Waals surface area contributed by atoms with Gasteiger partial charge in [0, 0.05) is 12.8 Å². The molecule has 0 aliphatic rings. The highest BCUT2D eigenvalue weighted by molar-refractivity contribution is 5.66. The molecule has 0 saturated carbocycles. The van der Waals surface area contributed by atoms with E-state index in [0.717, 1.165) is 57.8 Å². The van der Waals surface area contributed by atoms with Crippen LogP contribution in [0.1, 0.15) is 120 Å². The zero-order valence-electron chi connectivity index (χ0n) is 20.5. The van der Waals surface area contributed by atoms with Crippen LogP contribution >= 0.6 is 0 Å². The van der Waals surface area contributed by atoms with Crippen molar-refractivity contribution in [3.05, 3.63) is 34.9 Å². The van der Waals surface area contributed by atoms with Gasteiger partial charge in [-0.3, -0.25) is 9.59 Å². The molecule has 182 valence electrons. The number of carboxylic acid groups (broad SMARTS) is 2. The molecule has 32 heavy (non-hydrogen) atoms. The van der Waals surface area contributed by atoms with Crippen LogP contribution in [0.15, 0.2) is 18.2 Å². The van der Waals surface area contributed by atoms with Crippen molar-refractivity contribution in [1.82, 2.24) is 0 Å². The first-order chi connectivity index (χ1) is 15.4. The van der Waals surface area contributed by atoms with Gasteiger partial charge in [-0.2, -0.15) is 0 Å². The maximum absolute atomic E-state index is 10.6. The molecule has 0 aromatic heterocycles. The van der Waals surface area contributed by atoms with Crippen molar-refractivity contribution in [3.63, 3.8) is 0 Å². The molecule has 0 heterocycles. The van der Waals surface area contributed by atoms with Crippen LogP contribution in [0.2, 0.25) is 0 Å². The fourth-order valence-electron chi connectivity index (χ4n) is 4.35. The van der Waals surface area contributed by atoms with Gasteiger partial charge in [0.1, 0.15) is 0 Å². The van der Waals surface area contributed by atoms with Crippen molar-refractivity contribution in [3.8, 4) is 0 Å². The van der Waals surface area contributed by atoms with E-state index in [1.807, 2.05) is 0 Å². The van der Waals surface area contributed by atoms with Crippen molar-refractivity contribution < 1.29 is 19.8 Å². The molecule has 0 aliphatic heterocycles. The van der Waals surface area contributed by atoms with Crippen LogP contribution in [0.4, 0.5) is 0 Å². The van der Waals surface area contributed by atoms with Crippen molar-refractivity contribution in [2.45, 2.75) is 123 Å². The molecule has 1 rings (SSSR count). The first-order valence-corrected chi connectivity index (χ1v) is 12.9. The lowest BCUT2D eigenvalue weighted by Gasteiger charge is -2.14. The third-order valence-electron chi connectivity index (χ3n) is 6.09. The summed E-state index contributed by atoms with van der Waals surface area (Å²) in [7, 11) is 0. The maximum atomic E-state index is 10.6. The summed E-state index contributed by atoms with van der Waals surface area (Å²) >= 11 is 0. The predicted molar refractivity (Wildman–Crippen MR) is 132 cm³/mol. The van der Waals surface area contributed by atoms with Gasteiger partial charge in [-0.05, 0) is 67.6 Å². The minimum Gasteiger partial charge on any atom is -0.481 e. The van der Waals surface area contributed by atoms with E-state index < -0.39 is 11.9 Å². The molecular weight excluding hydrogens is 400 g/mol. The van der Waals surface area contributed by atoms with Crippen LogP contribution in [0, 0.1) is 5.92 Å². The van der Waals surface area contributed by atoms with E-state index in [9.17, 15) is 9.59 Å². The lowest BCUT2D eigenvalue weighted by molar-refractivity contribution is -0.138. The van der Waals surface area contributed by atoms with Crippen molar-refractivity contribution in [2.24, 2.45) is 5.92 Å². The Morgan fingerprint density at radius 3 is 1.56 bits per heavy atom.